The summed E-state index contributed by atoms with van der Waals surface area (Å²) in [6.07, 6.45) is 0.578. The van der Waals surface area contributed by atoms with Crippen molar-refractivity contribution in [3.8, 4) is 5.75 Å². The van der Waals surface area contributed by atoms with Gasteiger partial charge in [0.2, 0.25) is 10.0 Å². The molecule has 0 bridgehead atoms. The molecule has 1 aromatic rings. The van der Waals surface area contributed by atoms with Crippen LogP contribution in [0.2, 0.25) is 5.02 Å². The molecule has 0 unspecified atom stereocenters. The molecule has 1 aliphatic rings. The van der Waals surface area contributed by atoms with Crippen molar-refractivity contribution in [3.05, 3.63) is 23.2 Å². The predicted molar refractivity (Wildman–Crippen MR) is 86.0 cm³/mol. The first-order chi connectivity index (χ1) is 10.3. The highest BCUT2D eigenvalue weighted by Gasteiger charge is 2.32. The molecule has 7 heteroatoms. The van der Waals surface area contributed by atoms with E-state index in [2.05, 4.69) is 0 Å². The molecule has 5 nitrogen and oxygen atoms in total. The summed E-state index contributed by atoms with van der Waals surface area (Å²) in [5.41, 5.74) is 0. The van der Waals surface area contributed by atoms with Gasteiger partial charge in [-0.1, -0.05) is 18.5 Å². The summed E-state index contributed by atoms with van der Waals surface area (Å²) in [4.78, 5) is 0.198. The lowest BCUT2D eigenvalue weighted by molar-refractivity contribution is -0.0440. The quantitative estimate of drug-likeness (QED) is 0.821. The van der Waals surface area contributed by atoms with Crippen molar-refractivity contribution in [1.29, 1.82) is 0 Å². The normalized spacial score (nSPS) is 23.5. The summed E-state index contributed by atoms with van der Waals surface area (Å²) in [5.74, 6) is 0.402. The second-order valence-electron chi connectivity index (χ2n) is 5.52. The fraction of sp³-hybridized carbons (Fsp3) is 0.600. The van der Waals surface area contributed by atoms with Crippen molar-refractivity contribution in [2.45, 2.75) is 44.3 Å². The van der Waals surface area contributed by atoms with Gasteiger partial charge >= 0.3 is 0 Å². The fourth-order valence-corrected chi connectivity index (χ4v) is 4.22. The highest BCUT2D eigenvalue weighted by molar-refractivity contribution is 7.89. The first kappa shape index (κ1) is 17.5. The number of hydrogen-bond donors (Lipinski definition) is 0. The van der Waals surface area contributed by atoms with Gasteiger partial charge in [0.1, 0.15) is 5.75 Å². The van der Waals surface area contributed by atoms with Gasteiger partial charge < -0.3 is 9.47 Å². The van der Waals surface area contributed by atoms with Crippen LogP contribution in [0.5, 0.6) is 5.75 Å². The molecule has 1 fully saturated rings. The molecule has 0 radical (unpaired) electrons. The molecule has 1 heterocycles. The van der Waals surface area contributed by atoms with Crippen molar-refractivity contribution >= 4 is 21.6 Å². The van der Waals surface area contributed by atoms with Crippen molar-refractivity contribution in [2.75, 3.05) is 19.7 Å². The zero-order valence-electron chi connectivity index (χ0n) is 13.1. The molecule has 0 spiro atoms. The second kappa shape index (κ2) is 7.17. The third-order valence-electron chi connectivity index (χ3n) is 3.39. The summed E-state index contributed by atoms with van der Waals surface area (Å²) in [5, 5.41) is 0.413. The zero-order valence-corrected chi connectivity index (χ0v) is 14.7. The summed E-state index contributed by atoms with van der Waals surface area (Å²) in [6, 6.07) is 4.58. The highest BCUT2D eigenvalue weighted by Crippen LogP contribution is 2.30. The maximum Gasteiger partial charge on any atom is 0.243 e. The minimum atomic E-state index is -3.58. The summed E-state index contributed by atoms with van der Waals surface area (Å²) in [7, 11) is -3.58. The molecule has 0 amide bonds. The number of sulfonamides is 1. The van der Waals surface area contributed by atoms with Crippen molar-refractivity contribution in [2.24, 2.45) is 0 Å². The first-order valence-corrected chi connectivity index (χ1v) is 9.24. The topological polar surface area (TPSA) is 55.8 Å². The molecule has 1 aliphatic heterocycles. The standard InChI is InChI=1S/C15H22ClNO4S/c1-4-7-20-15-8-13(5-6-14(15)16)22(18,19)17-9-11(2)21-12(3)10-17/h5-6,8,11-12H,4,7,9-10H2,1-3H3/t11-,12-/m1/s1. The average Bonchev–Trinajstić information content (AvgIpc) is 2.45. The molecular weight excluding hydrogens is 326 g/mol. The van der Waals surface area contributed by atoms with Gasteiger partial charge in [-0.2, -0.15) is 4.31 Å². The number of ether oxygens (including phenoxy) is 2. The predicted octanol–water partition coefficient (Wildman–Crippen LogP) is 2.93. The molecule has 0 N–H and O–H groups in total. The number of benzene rings is 1. The lowest BCUT2D eigenvalue weighted by Gasteiger charge is -2.34. The Hall–Kier alpha value is -0.820. The zero-order chi connectivity index (χ0) is 16.3. The van der Waals surface area contributed by atoms with Crippen LogP contribution in [0.25, 0.3) is 0 Å². The maximum absolute atomic E-state index is 12.8. The van der Waals surface area contributed by atoms with Gasteiger partial charge in [0.15, 0.2) is 0 Å². The Morgan fingerprint density at radius 2 is 1.95 bits per heavy atom. The van der Waals surface area contributed by atoms with Gasteiger partial charge in [-0.3, -0.25) is 0 Å². The average molecular weight is 348 g/mol. The Kier molecular flexibility index (Phi) is 5.71. The first-order valence-electron chi connectivity index (χ1n) is 7.42. The Labute approximate surface area is 137 Å². The second-order valence-corrected chi connectivity index (χ2v) is 7.87. The highest BCUT2D eigenvalue weighted by atomic mass is 35.5. The van der Waals surface area contributed by atoms with Gasteiger partial charge in [-0.05, 0) is 32.4 Å². The van der Waals surface area contributed by atoms with Gasteiger partial charge in [0.05, 0.1) is 28.7 Å². The van der Waals surface area contributed by atoms with E-state index in [-0.39, 0.29) is 17.1 Å². The van der Waals surface area contributed by atoms with Gasteiger partial charge in [0, 0.05) is 19.2 Å². The van der Waals surface area contributed by atoms with Gasteiger partial charge in [-0.15, -0.1) is 0 Å². The SMILES string of the molecule is CCCOc1cc(S(=O)(=O)N2C[C@@H](C)O[C@H](C)C2)ccc1Cl. The van der Waals surface area contributed by atoms with E-state index >= 15 is 0 Å². The van der Waals surface area contributed by atoms with Crippen molar-refractivity contribution in [1.82, 2.24) is 4.31 Å². The Morgan fingerprint density at radius 1 is 1.32 bits per heavy atom. The molecule has 2 rings (SSSR count). The largest absolute Gasteiger partial charge is 0.492 e. The van der Waals surface area contributed by atoms with Crippen LogP contribution in [0.15, 0.2) is 23.1 Å². The van der Waals surface area contributed by atoms with Crippen LogP contribution in [0.3, 0.4) is 0 Å². The molecule has 2 atom stereocenters. The molecule has 1 aromatic carbocycles. The monoisotopic (exact) mass is 347 g/mol. The van der Waals surface area contributed by atoms with E-state index in [0.29, 0.717) is 30.5 Å². The minimum Gasteiger partial charge on any atom is -0.492 e. The molecule has 22 heavy (non-hydrogen) atoms. The molecule has 0 saturated carbocycles. The maximum atomic E-state index is 12.8. The van der Waals surface area contributed by atoms with Crippen LogP contribution in [0.4, 0.5) is 0 Å². The number of nitrogens with zero attached hydrogens (tertiary/aromatic N) is 1. The van der Waals surface area contributed by atoms with Crippen LogP contribution < -0.4 is 4.74 Å². The van der Waals surface area contributed by atoms with Gasteiger partial charge in [-0.25, -0.2) is 8.42 Å². The van der Waals surface area contributed by atoms with E-state index in [0.717, 1.165) is 6.42 Å². The summed E-state index contributed by atoms with van der Waals surface area (Å²) >= 11 is 6.06. The van der Waals surface area contributed by atoms with Crippen LogP contribution in [-0.2, 0) is 14.8 Å². The third-order valence-corrected chi connectivity index (χ3v) is 5.53. The molecular formula is C15H22ClNO4S. The van der Waals surface area contributed by atoms with Crippen LogP contribution >= 0.6 is 11.6 Å². The summed E-state index contributed by atoms with van der Waals surface area (Å²) in [6.45, 7) is 6.91. The van der Waals surface area contributed by atoms with E-state index in [9.17, 15) is 8.42 Å². The van der Waals surface area contributed by atoms with Crippen molar-refractivity contribution in [3.63, 3.8) is 0 Å². The molecule has 0 aliphatic carbocycles. The van der Waals surface area contributed by atoms with E-state index in [4.69, 9.17) is 21.1 Å². The summed E-state index contributed by atoms with van der Waals surface area (Å²) < 4.78 is 38.1. The van der Waals surface area contributed by atoms with Crippen LogP contribution in [0.1, 0.15) is 27.2 Å². The van der Waals surface area contributed by atoms with Crippen LogP contribution in [0, 0.1) is 0 Å². The van der Waals surface area contributed by atoms with E-state index in [1.54, 1.807) is 6.07 Å². The molecule has 0 aromatic heterocycles. The number of hydrogen-bond acceptors (Lipinski definition) is 4. The lowest BCUT2D eigenvalue weighted by Crippen LogP contribution is -2.48. The van der Waals surface area contributed by atoms with E-state index < -0.39 is 10.0 Å². The molecule has 124 valence electrons. The number of morpholine rings is 1. The Balaban J connectivity index is 2.29. The third kappa shape index (κ3) is 3.93. The fourth-order valence-electron chi connectivity index (χ4n) is 2.44. The van der Waals surface area contributed by atoms with Crippen molar-refractivity contribution < 1.29 is 17.9 Å². The number of rotatable bonds is 5. The smallest absolute Gasteiger partial charge is 0.243 e. The van der Waals surface area contributed by atoms with E-state index in [1.165, 1.54) is 16.4 Å². The van der Waals surface area contributed by atoms with Gasteiger partial charge in [0.25, 0.3) is 0 Å². The minimum absolute atomic E-state index is 0.123. The van der Waals surface area contributed by atoms with Crippen LogP contribution in [-0.4, -0.2) is 44.6 Å². The lowest BCUT2D eigenvalue weighted by atomic mass is 10.3. The molecule has 1 saturated heterocycles. The number of halogens is 1. The Bertz CT molecular complexity index is 610. The Morgan fingerprint density at radius 3 is 2.55 bits per heavy atom. The van der Waals surface area contributed by atoms with E-state index in [1.807, 2.05) is 20.8 Å².